The van der Waals surface area contributed by atoms with Crippen molar-refractivity contribution in [3.63, 3.8) is 0 Å². The third kappa shape index (κ3) is 6.85. The number of para-hydroxylation sites is 1. The van der Waals surface area contributed by atoms with Crippen LogP contribution in [0.15, 0.2) is 29.4 Å². The summed E-state index contributed by atoms with van der Waals surface area (Å²) in [6, 6.07) is 8.03. The minimum atomic E-state index is 0.788. The third-order valence-corrected chi connectivity index (χ3v) is 2.85. The van der Waals surface area contributed by atoms with E-state index in [9.17, 15) is 0 Å². The van der Waals surface area contributed by atoms with E-state index in [0.717, 1.165) is 24.3 Å². The van der Waals surface area contributed by atoms with E-state index in [1.807, 2.05) is 44.6 Å². The van der Waals surface area contributed by atoms with Gasteiger partial charge in [0.05, 0.1) is 12.8 Å². The maximum Gasteiger partial charge on any atom is 0.128 e. The van der Waals surface area contributed by atoms with Gasteiger partial charge in [0.2, 0.25) is 0 Å². The monoisotopic (exact) mass is 262 g/mol. The first-order valence-electron chi connectivity index (χ1n) is 7.17. The van der Waals surface area contributed by atoms with Crippen molar-refractivity contribution in [2.45, 2.75) is 39.0 Å². The number of rotatable bonds is 9. The second kappa shape index (κ2) is 9.42. The lowest BCUT2D eigenvalue weighted by Gasteiger charge is -2.09. The van der Waals surface area contributed by atoms with Gasteiger partial charge in [0, 0.05) is 19.7 Å². The van der Waals surface area contributed by atoms with Crippen LogP contribution in [0.1, 0.15) is 44.6 Å². The molecule has 0 spiro atoms. The molecule has 1 rings (SSSR count). The van der Waals surface area contributed by atoms with Gasteiger partial charge in [0.25, 0.3) is 0 Å². The largest absolute Gasteiger partial charge is 0.493 e. The van der Waals surface area contributed by atoms with E-state index in [-0.39, 0.29) is 0 Å². The molecule has 19 heavy (non-hydrogen) atoms. The molecule has 0 aliphatic heterocycles. The highest BCUT2D eigenvalue weighted by molar-refractivity contribution is 5.83. The molecule has 0 aromatic heterocycles. The predicted octanol–water partition coefficient (Wildman–Crippen LogP) is 3.93. The van der Waals surface area contributed by atoms with Gasteiger partial charge in [-0.05, 0) is 18.6 Å². The van der Waals surface area contributed by atoms with Crippen LogP contribution >= 0.6 is 0 Å². The van der Waals surface area contributed by atoms with Crippen molar-refractivity contribution in [1.29, 1.82) is 0 Å². The molecule has 0 saturated carbocycles. The van der Waals surface area contributed by atoms with E-state index < -0.39 is 0 Å². The van der Waals surface area contributed by atoms with Gasteiger partial charge in [0.1, 0.15) is 5.75 Å². The maximum absolute atomic E-state index is 5.84. The number of unbranched alkanes of at least 4 members (excludes halogenated alkanes) is 4. The molecular formula is C16H26N2O. The number of hydrogen-bond donors (Lipinski definition) is 0. The molecule has 0 aliphatic carbocycles. The normalized spacial score (nSPS) is 10.9. The van der Waals surface area contributed by atoms with Gasteiger partial charge in [-0.2, -0.15) is 5.10 Å². The summed E-state index contributed by atoms with van der Waals surface area (Å²) in [5, 5.41) is 6.03. The van der Waals surface area contributed by atoms with Gasteiger partial charge in [-0.3, -0.25) is 0 Å². The molecule has 0 bridgehead atoms. The molecule has 1 aromatic rings. The first kappa shape index (κ1) is 15.5. The second-order valence-electron chi connectivity index (χ2n) is 4.89. The number of ether oxygens (including phenoxy) is 1. The van der Waals surface area contributed by atoms with E-state index in [1.165, 1.54) is 25.7 Å². The molecule has 0 fully saturated rings. The van der Waals surface area contributed by atoms with Crippen LogP contribution in [0.25, 0.3) is 0 Å². The Bertz CT molecular complexity index is 375. The number of hydrogen-bond acceptors (Lipinski definition) is 3. The lowest BCUT2D eigenvalue weighted by molar-refractivity contribution is 0.304. The highest BCUT2D eigenvalue weighted by atomic mass is 16.5. The minimum absolute atomic E-state index is 0.788. The summed E-state index contributed by atoms with van der Waals surface area (Å²) in [6.45, 7) is 3.02. The van der Waals surface area contributed by atoms with Crippen molar-refractivity contribution < 1.29 is 4.74 Å². The summed E-state index contributed by atoms with van der Waals surface area (Å²) in [7, 11) is 3.82. The Morgan fingerprint density at radius 1 is 1.11 bits per heavy atom. The minimum Gasteiger partial charge on any atom is -0.493 e. The van der Waals surface area contributed by atoms with Crippen LogP contribution in [-0.2, 0) is 0 Å². The van der Waals surface area contributed by atoms with Crippen LogP contribution in [0.4, 0.5) is 0 Å². The summed E-state index contributed by atoms with van der Waals surface area (Å²) in [5.41, 5.74) is 1.03. The van der Waals surface area contributed by atoms with E-state index in [2.05, 4.69) is 12.0 Å². The zero-order valence-electron chi connectivity index (χ0n) is 12.4. The lowest BCUT2D eigenvalue weighted by Crippen LogP contribution is -2.04. The van der Waals surface area contributed by atoms with Crippen molar-refractivity contribution in [2.24, 2.45) is 5.10 Å². The molecule has 3 nitrogen and oxygen atoms in total. The second-order valence-corrected chi connectivity index (χ2v) is 4.89. The molecule has 0 radical (unpaired) electrons. The van der Waals surface area contributed by atoms with Crippen LogP contribution in [0.3, 0.4) is 0 Å². The van der Waals surface area contributed by atoms with Crippen LogP contribution in [-0.4, -0.2) is 31.9 Å². The Labute approximate surface area is 117 Å². The average Bonchev–Trinajstić information content (AvgIpc) is 2.41. The SMILES string of the molecule is CCCCCCCOc1ccccc1/C=N/N(C)C. The number of nitrogens with zero attached hydrogens (tertiary/aromatic N) is 2. The van der Waals surface area contributed by atoms with Crippen LogP contribution in [0, 0.1) is 0 Å². The fourth-order valence-electron chi connectivity index (χ4n) is 1.78. The van der Waals surface area contributed by atoms with Crippen molar-refractivity contribution in [1.82, 2.24) is 5.01 Å². The Balaban J connectivity index is 2.40. The molecule has 0 atom stereocenters. The van der Waals surface area contributed by atoms with E-state index in [4.69, 9.17) is 4.74 Å². The van der Waals surface area contributed by atoms with Gasteiger partial charge in [-0.1, -0.05) is 44.7 Å². The summed E-state index contributed by atoms with van der Waals surface area (Å²) in [6.07, 6.45) is 8.13. The highest BCUT2D eigenvalue weighted by Gasteiger charge is 2.00. The zero-order chi connectivity index (χ0) is 13.9. The van der Waals surface area contributed by atoms with Gasteiger partial charge in [-0.15, -0.1) is 0 Å². The fourth-order valence-corrected chi connectivity index (χ4v) is 1.78. The molecule has 106 valence electrons. The summed E-state index contributed by atoms with van der Waals surface area (Å²) < 4.78 is 5.84. The van der Waals surface area contributed by atoms with Crippen molar-refractivity contribution in [3.8, 4) is 5.75 Å². The quantitative estimate of drug-likeness (QED) is 0.382. The standard InChI is InChI=1S/C16H26N2O/c1-4-5-6-7-10-13-19-16-12-9-8-11-15(16)14-17-18(2)3/h8-9,11-12,14H,4-7,10,13H2,1-3H3/b17-14+. The van der Waals surface area contributed by atoms with E-state index in [1.54, 1.807) is 5.01 Å². The lowest BCUT2D eigenvalue weighted by atomic mass is 10.2. The Kier molecular flexibility index (Phi) is 7.71. The number of benzene rings is 1. The molecule has 0 amide bonds. The van der Waals surface area contributed by atoms with Crippen LogP contribution in [0.2, 0.25) is 0 Å². The Morgan fingerprint density at radius 2 is 1.84 bits per heavy atom. The summed E-state index contributed by atoms with van der Waals surface area (Å²) >= 11 is 0. The van der Waals surface area contributed by atoms with Crippen molar-refractivity contribution >= 4 is 6.21 Å². The molecule has 0 N–H and O–H groups in total. The molecule has 0 heterocycles. The summed E-state index contributed by atoms with van der Waals surface area (Å²) in [4.78, 5) is 0. The van der Waals surface area contributed by atoms with Gasteiger partial charge in [-0.25, -0.2) is 0 Å². The molecule has 0 aliphatic rings. The van der Waals surface area contributed by atoms with Gasteiger partial charge in [0.15, 0.2) is 0 Å². The molecule has 0 unspecified atom stereocenters. The first-order valence-corrected chi connectivity index (χ1v) is 7.17. The average molecular weight is 262 g/mol. The number of hydrazone groups is 1. The smallest absolute Gasteiger partial charge is 0.128 e. The maximum atomic E-state index is 5.84. The van der Waals surface area contributed by atoms with Gasteiger partial charge < -0.3 is 9.75 Å². The van der Waals surface area contributed by atoms with Crippen molar-refractivity contribution in [3.05, 3.63) is 29.8 Å². The molecule has 0 saturated heterocycles. The van der Waals surface area contributed by atoms with Crippen LogP contribution < -0.4 is 4.74 Å². The Hall–Kier alpha value is -1.51. The first-order chi connectivity index (χ1) is 9.24. The zero-order valence-corrected chi connectivity index (χ0v) is 12.4. The third-order valence-electron chi connectivity index (χ3n) is 2.85. The van der Waals surface area contributed by atoms with Crippen LogP contribution in [0.5, 0.6) is 5.75 Å². The predicted molar refractivity (Wildman–Crippen MR) is 82.0 cm³/mol. The summed E-state index contributed by atoms with van der Waals surface area (Å²) in [5.74, 6) is 0.920. The molecular weight excluding hydrogens is 236 g/mol. The Morgan fingerprint density at radius 3 is 2.58 bits per heavy atom. The molecule has 3 heteroatoms. The van der Waals surface area contributed by atoms with Gasteiger partial charge >= 0.3 is 0 Å². The van der Waals surface area contributed by atoms with E-state index in [0.29, 0.717) is 0 Å². The van der Waals surface area contributed by atoms with E-state index >= 15 is 0 Å². The topological polar surface area (TPSA) is 24.8 Å². The molecule has 1 aromatic carbocycles. The van der Waals surface area contributed by atoms with Crippen molar-refractivity contribution in [2.75, 3.05) is 20.7 Å². The fraction of sp³-hybridized carbons (Fsp3) is 0.562. The highest BCUT2D eigenvalue weighted by Crippen LogP contribution is 2.16.